The number of rotatable bonds is 5. The van der Waals surface area contributed by atoms with E-state index in [2.05, 4.69) is 20.5 Å². The van der Waals surface area contributed by atoms with E-state index in [9.17, 15) is 4.79 Å². The molecule has 0 saturated carbocycles. The first-order valence-electron chi connectivity index (χ1n) is 7.53. The molecule has 3 aromatic rings. The van der Waals surface area contributed by atoms with Gasteiger partial charge in [-0.05, 0) is 36.8 Å². The molecule has 1 amide bonds. The minimum Gasteiger partial charge on any atom is -0.325 e. The van der Waals surface area contributed by atoms with E-state index in [0.29, 0.717) is 15.9 Å². The molecule has 0 unspecified atom stereocenters. The first-order valence-corrected chi connectivity index (χ1v) is 8.89. The quantitative estimate of drug-likeness (QED) is 0.692. The van der Waals surface area contributed by atoms with E-state index in [1.54, 1.807) is 24.5 Å². The summed E-state index contributed by atoms with van der Waals surface area (Å²) in [5.41, 5.74) is 2.60. The fourth-order valence-electron chi connectivity index (χ4n) is 2.24. The highest BCUT2D eigenvalue weighted by molar-refractivity contribution is 7.99. The fourth-order valence-corrected chi connectivity index (χ4v) is 3.12. The molecule has 0 spiro atoms. The average Bonchev–Trinajstić information content (AvgIpc) is 2.98. The lowest BCUT2D eigenvalue weighted by Gasteiger charge is -2.08. The van der Waals surface area contributed by atoms with E-state index < -0.39 is 0 Å². The van der Waals surface area contributed by atoms with Crippen LogP contribution in [0, 0.1) is 6.92 Å². The van der Waals surface area contributed by atoms with Gasteiger partial charge in [-0.1, -0.05) is 29.4 Å². The van der Waals surface area contributed by atoms with E-state index in [0.717, 1.165) is 17.0 Å². The number of pyridine rings is 1. The summed E-state index contributed by atoms with van der Waals surface area (Å²) in [5, 5.41) is 12.5. The number of aryl methyl sites for hydroxylation is 1. The molecule has 1 N–H and O–H groups in total. The Morgan fingerprint density at radius 3 is 2.76 bits per heavy atom. The van der Waals surface area contributed by atoms with Crippen molar-refractivity contribution in [2.45, 2.75) is 12.1 Å². The normalized spacial score (nSPS) is 10.7. The van der Waals surface area contributed by atoms with Gasteiger partial charge in [0.05, 0.1) is 5.75 Å². The van der Waals surface area contributed by atoms with Crippen molar-refractivity contribution in [3.05, 3.63) is 53.3 Å². The summed E-state index contributed by atoms with van der Waals surface area (Å²) in [6.07, 6.45) is 3.41. The Morgan fingerprint density at radius 2 is 2.00 bits per heavy atom. The number of carbonyl (C=O) groups excluding carboxylic acids is 1. The molecule has 0 aliphatic carbocycles. The number of anilines is 1. The van der Waals surface area contributed by atoms with Gasteiger partial charge in [0.25, 0.3) is 0 Å². The van der Waals surface area contributed by atoms with Crippen LogP contribution >= 0.6 is 23.4 Å². The van der Waals surface area contributed by atoms with Crippen LogP contribution in [0.4, 0.5) is 5.69 Å². The molecule has 3 rings (SSSR count). The zero-order chi connectivity index (χ0) is 17.8. The van der Waals surface area contributed by atoms with Gasteiger partial charge in [0.1, 0.15) is 0 Å². The number of thioether (sulfide) groups is 1. The molecule has 6 nitrogen and oxygen atoms in total. The minimum absolute atomic E-state index is 0.121. The van der Waals surface area contributed by atoms with Gasteiger partial charge in [-0.25, -0.2) is 0 Å². The first kappa shape index (κ1) is 17.4. The predicted molar refractivity (Wildman–Crippen MR) is 99.8 cm³/mol. The van der Waals surface area contributed by atoms with Crippen LogP contribution in [0.15, 0.2) is 47.9 Å². The molecule has 0 saturated heterocycles. The lowest BCUT2D eigenvalue weighted by molar-refractivity contribution is -0.113. The number of aromatic nitrogens is 4. The molecule has 8 heteroatoms. The Balaban J connectivity index is 1.65. The summed E-state index contributed by atoms with van der Waals surface area (Å²) in [6, 6.07) is 9.14. The highest BCUT2D eigenvalue weighted by Gasteiger charge is 2.13. The van der Waals surface area contributed by atoms with Gasteiger partial charge in [-0.15, -0.1) is 10.2 Å². The molecule has 128 valence electrons. The van der Waals surface area contributed by atoms with Gasteiger partial charge in [0.15, 0.2) is 11.0 Å². The Morgan fingerprint density at radius 1 is 1.24 bits per heavy atom. The summed E-state index contributed by atoms with van der Waals surface area (Å²) in [5.74, 6) is 0.841. The maximum absolute atomic E-state index is 12.2. The predicted octanol–water partition coefficient (Wildman–Crippen LogP) is 3.57. The highest BCUT2D eigenvalue weighted by Crippen LogP contribution is 2.23. The first-order chi connectivity index (χ1) is 12.0. The number of nitrogens with one attached hydrogen (secondary N) is 1. The summed E-state index contributed by atoms with van der Waals surface area (Å²) in [6.45, 7) is 1.92. The lowest BCUT2D eigenvalue weighted by atomic mass is 10.2. The van der Waals surface area contributed by atoms with E-state index in [-0.39, 0.29) is 11.7 Å². The number of hydrogen-bond acceptors (Lipinski definition) is 5. The van der Waals surface area contributed by atoms with Crippen molar-refractivity contribution in [2.24, 2.45) is 7.05 Å². The van der Waals surface area contributed by atoms with Crippen LogP contribution in [-0.2, 0) is 11.8 Å². The van der Waals surface area contributed by atoms with Gasteiger partial charge in [0.2, 0.25) is 5.91 Å². The Labute approximate surface area is 154 Å². The standard InChI is InChI=1S/C17H16ClN5OS/c1-11-3-4-13(18)9-14(11)20-15(24)10-25-17-22-21-16(23(17)2)12-5-7-19-8-6-12/h3-9H,10H2,1-2H3,(H,20,24). The van der Waals surface area contributed by atoms with Gasteiger partial charge < -0.3 is 9.88 Å². The zero-order valence-electron chi connectivity index (χ0n) is 13.7. The smallest absolute Gasteiger partial charge is 0.234 e. The van der Waals surface area contributed by atoms with Crippen molar-refractivity contribution >= 4 is 35.0 Å². The molecule has 0 aliphatic rings. The van der Waals surface area contributed by atoms with E-state index in [1.807, 2.05) is 36.7 Å². The van der Waals surface area contributed by atoms with Crippen molar-refractivity contribution in [3.8, 4) is 11.4 Å². The maximum atomic E-state index is 12.2. The summed E-state index contributed by atoms with van der Waals surface area (Å²) >= 11 is 7.30. The van der Waals surface area contributed by atoms with Crippen molar-refractivity contribution < 1.29 is 4.79 Å². The number of nitrogens with zero attached hydrogens (tertiary/aromatic N) is 4. The van der Waals surface area contributed by atoms with Gasteiger partial charge in [-0.3, -0.25) is 9.78 Å². The zero-order valence-corrected chi connectivity index (χ0v) is 15.3. The Kier molecular flexibility index (Phi) is 5.35. The van der Waals surface area contributed by atoms with Crippen LogP contribution in [0.5, 0.6) is 0 Å². The third-order valence-corrected chi connectivity index (χ3v) is 4.83. The maximum Gasteiger partial charge on any atom is 0.234 e. The Hall–Kier alpha value is -2.38. The molecule has 0 atom stereocenters. The van der Waals surface area contributed by atoms with Gasteiger partial charge in [-0.2, -0.15) is 0 Å². The van der Waals surface area contributed by atoms with Crippen molar-refractivity contribution in [1.82, 2.24) is 19.7 Å². The van der Waals surface area contributed by atoms with Crippen LogP contribution in [0.3, 0.4) is 0 Å². The molecule has 0 fully saturated rings. The van der Waals surface area contributed by atoms with Crippen LogP contribution in [0.25, 0.3) is 11.4 Å². The van der Waals surface area contributed by atoms with Crippen LogP contribution < -0.4 is 5.32 Å². The topological polar surface area (TPSA) is 72.7 Å². The minimum atomic E-state index is -0.121. The third kappa shape index (κ3) is 4.18. The number of benzene rings is 1. The summed E-state index contributed by atoms with van der Waals surface area (Å²) in [7, 11) is 1.87. The number of carbonyl (C=O) groups is 1. The van der Waals surface area contributed by atoms with Crippen molar-refractivity contribution in [3.63, 3.8) is 0 Å². The largest absolute Gasteiger partial charge is 0.325 e. The molecule has 1 aromatic carbocycles. The van der Waals surface area contributed by atoms with Crippen LogP contribution in [0.2, 0.25) is 5.02 Å². The second-order valence-corrected chi connectivity index (χ2v) is 6.78. The van der Waals surface area contributed by atoms with E-state index in [4.69, 9.17) is 11.6 Å². The van der Waals surface area contributed by atoms with Crippen molar-refractivity contribution in [1.29, 1.82) is 0 Å². The van der Waals surface area contributed by atoms with Gasteiger partial charge in [0, 0.05) is 35.7 Å². The van der Waals surface area contributed by atoms with Crippen molar-refractivity contribution in [2.75, 3.05) is 11.1 Å². The number of amides is 1. The fraction of sp³-hybridized carbons (Fsp3) is 0.176. The number of hydrogen-bond donors (Lipinski definition) is 1. The molecular formula is C17H16ClN5OS. The highest BCUT2D eigenvalue weighted by atomic mass is 35.5. The Bertz CT molecular complexity index is 897. The second kappa shape index (κ2) is 7.67. The van der Waals surface area contributed by atoms with E-state index >= 15 is 0 Å². The van der Waals surface area contributed by atoms with Gasteiger partial charge >= 0.3 is 0 Å². The van der Waals surface area contributed by atoms with Crippen LogP contribution in [0.1, 0.15) is 5.56 Å². The summed E-state index contributed by atoms with van der Waals surface area (Å²) in [4.78, 5) is 16.2. The lowest BCUT2D eigenvalue weighted by Crippen LogP contribution is -2.15. The summed E-state index contributed by atoms with van der Waals surface area (Å²) < 4.78 is 1.86. The number of halogens is 1. The molecule has 0 radical (unpaired) electrons. The SMILES string of the molecule is Cc1ccc(Cl)cc1NC(=O)CSc1nnc(-c2ccncc2)n1C. The average molecular weight is 374 g/mol. The second-order valence-electron chi connectivity index (χ2n) is 5.40. The van der Waals surface area contributed by atoms with E-state index in [1.165, 1.54) is 11.8 Å². The monoisotopic (exact) mass is 373 g/mol. The third-order valence-electron chi connectivity index (χ3n) is 3.58. The molecule has 25 heavy (non-hydrogen) atoms. The molecular weight excluding hydrogens is 358 g/mol. The van der Waals surface area contributed by atoms with Crippen LogP contribution in [-0.4, -0.2) is 31.4 Å². The molecule has 2 heterocycles. The molecule has 2 aromatic heterocycles. The molecule has 0 aliphatic heterocycles. The molecule has 0 bridgehead atoms.